The first-order chi connectivity index (χ1) is 15.1. The minimum atomic E-state index is -0.259. The van der Waals surface area contributed by atoms with Crippen LogP contribution in [0, 0.1) is 6.92 Å². The average molecular weight is 417 g/mol. The van der Waals surface area contributed by atoms with Crippen LogP contribution in [0.1, 0.15) is 16.2 Å². The molecule has 0 spiro atoms. The first-order valence-corrected chi connectivity index (χ1v) is 9.88. The number of nitrogens with zero attached hydrogens (tertiary/aromatic N) is 2. The standard InChI is InChI=1S/C23H23N5O3/c1-15-13-21(27-17-7-9-18(30-2)10-8-17)28-23(26-15)25-12-11-24-22(29)20-14-16-5-3-4-6-19(16)31-20/h3-10,13-14H,11-12H2,1-2H3,(H,24,29)(H2,25,26,27,28). The highest BCUT2D eigenvalue weighted by molar-refractivity contribution is 5.96. The van der Waals surface area contributed by atoms with Crippen molar-refractivity contribution in [2.75, 3.05) is 30.8 Å². The van der Waals surface area contributed by atoms with Crippen LogP contribution in [0.4, 0.5) is 17.5 Å². The molecule has 8 nitrogen and oxygen atoms in total. The molecular formula is C23H23N5O3. The molecule has 1 amide bonds. The number of hydrogen-bond donors (Lipinski definition) is 3. The molecule has 0 aliphatic carbocycles. The second-order valence-electron chi connectivity index (χ2n) is 6.90. The summed E-state index contributed by atoms with van der Waals surface area (Å²) >= 11 is 0. The van der Waals surface area contributed by atoms with E-state index in [-0.39, 0.29) is 5.91 Å². The van der Waals surface area contributed by atoms with Gasteiger partial charge in [-0.3, -0.25) is 4.79 Å². The minimum absolute atomic E-state index is 0.259. The summed E-state index contributed by atoms with van der Waals surface area (Å²) < 4.78 is 10.7. The highest BCUT2D eigenvalue weighted by atomic mass is 16.5. The largest absolute Gasteiger partial charge is 0.497 e. The second kappa shape index (κ2) is 9.17. The molecule has 0 aliphatic rings. The third-order valence-electron chi connectivity index (χ3n) is 4.56. The number of aryl methyl sites for hydroxylation is 1. The molecule has 0 radical (unpaired) electrons. The van der Waals surface area contributed by atoms with Gasteiger partial charge >= 0.3 is 0 Å². The number of nitrogens with one attached hydrogen (secondary N) is 3. The SMILES string of the molecule is COc1ccc(Nc2cc(C)nc(NCCNC(=O)c3cc4ccccc4o3)n2)cc1. The van der Waals surface area contributed by atoms with Gasteiger partial charge in [-0.05, 0) is 43.3 Å². The lowest BCUT2D eigenvalue weighted by molar-refractivity contribution is 0.0929. The number of carbonyl (C=O) groups is 1. The number of amides is 1. The Bertz CT molecular complexity index is 1150. The Morgan fingerprint density at radius 1 is 1.03 bits per heavy atom. The van der Waals surface area contributed by atoms with Crippen molar-refractivity contribution in [2.24, 2.45) is 0 Å². The molecule has 0 aliphatic heterocycles. The van der Waals surface area contributed by atoms with Gasteiger partial charge < -0.3 is 25.1 Å². The summed E-state index contributed by atoms with van der Waals surface area (Å²) in [7, 11) is 1.63. The van der Waals surface area contributed by atoms with Crippen LogP contribution in [0.15, 0.2) is 65.1 Å². The number of fused-ring (bicyclic) bond motifs is 1. The van der Waals surface area contributed by atoms with Crippen molar-refractivity contribution in [3.05, 3.63) is 72.1 Å². The second-order valence-corrected chi connectivity index (χ2v) is 6.90. The van der Waals surface area contributed by atoms with Crippen LogP contribution in [0.2, 0.25) is 0 Å². The number of hydrogen-bond acceptors (Lipinski definition) is 7. The first kappa shape index (κ1) is 20.2. The summed E-state index contributed by atoms with van der Waals surface area (Å²) in [6.45, 7) is 2.77. The molecule has 158 valence electrons. The smallest absolute Gasteiger partial charge is 0.287 e. The lowest BCUT2D eigenvalue weighted by Crippen LogP contribution is -2.28. The molecule has 4 rings (SSSR count). The van der Waals surface area contributed by atoms with Crippen LogP contribution in [-0.2, 0) is 0 Å². The van der Waals surface area contributed by atoms with Crippen LogP contribution in [0.3, 0.4) is 0 Å². The molecule has 2 aromatic heterocycles. The maximum Gasteiger partial charge on any atom is 0.287 e. The van der Waals surface area contributed by atoms with Crippen molar-refractivity contribution in [1.29, 1.82) is 0 Å². The number of furan rings is 1. The van der Waals surface area contributed by atoms with Gasteiger partial charge in [-0.15, -0.1) is 0 Å². The van der Waals surface area contributed by atoms with Crippen LogP contribution in [-0.4, -0.2) is 36.1 Å². The van der Waals surface area contributed by atoms with Gasteiger partial charge in [0.25, 0.3) is 5.91 Å². The van der Waals surface area contributed by atoms with Crippen molar-refractivity contribution >= 4 is 34.3 Å². The fourth-order valence-electron chi connectivity index (χ4n) is 3.07. The predicted octanol–water partition coefficient (Wildman–Crippen LogP) is 4.13. The van der Waals surface area contributed by atoms with Crippen LogP contribution < -0.4 is 20.7 Å². The molecule has 8 heteroatoms. The molecule has 0 unspecified atom stereocenters. The Morgan fingerprint density at radius 2 is 1.84 bits per heavy atom. The molecule has 0 bridgehead atoms. The number of benzene rings is 2. The van der Waals surface area contributed by atoms with Gasteiger partial charge in [0, 0.05) is 35.9 Å². The van der Waals surface area contributed by atoms with Gasteiger partial charge in [-0.2, -0.15) is 4.98 Å². The monoisotopic (exact) mass is 417 g/mol. The summed E-state index contributed by atoms with van der Waals surface area (Å²) in [4.78, 5) is 21.2. The molecule has 4 aromatic rings. The van der Waals surface area contributed by atoms with E-state index in [1.807, 2.05) is 61.5 Å². The minimum Gasteiger partial charge on any atom is -0.497 e. The Morgan fingerprint density at radius 3 is 2.61 bits per heavy atom. The Balaban J connectivity index is 1.31. The fraction of sp³-hybridized carbons (Fsp3) is 0.174. The summed E-state index contributed by atoms with van der Waals surface area (Å²) in [5.74, 6) is 1.97. The van der Waals surface area contributed by atoms with Crippen LogP contribution in [0.5, 0.6) is 5.75 Å². The predicted molar refractivity (Wildman–Crippen MR) is 120 cm³/mol. The fourth-order valence-corrected chi connectivity index (χ4v) is 3.07. The van der Waals surface area contributed by atoms with E-state index in [9.17, 15) is 4.79 Å². The molecule has 0 fully saturated rings. The zero-order valence-electron chi connectivity index (χ0n) is 17.3. The quantitative estimate of drug-likeness (QED) is 0.371. The van der Waals surface area contributed by atoms with Gasteiger partial charge in [0.15, 0.2) is 5.76 Å². The highest BCUT2D eigenvalue weighted by Gasteiger charge is 2.11. The molecule has 0 saturated heterocycles. The Hall–Kier alpha value is -4.07. The maximum absolute atomic E-state index is 12.3. The third-order valence-corrected chi connectivity index (χ3v) is 4.56. The summed E-state index contributed by atoms with van der Waals surface area (Å²) in [5, 5.41) is 10.1. The van der Waals surface area contributed by atoms with E-state index in [4.69, 9.17) is 9.15 Å². The maximum atomic E-state index is 12.3. The lowest BCUT2D eigenvalue weighted by Gasteiger charge is -2.10. The van der Waals surface area contributed by atoms with Crippen molar-refractivity contribution in [1.82, 2.24) is 15.3 Å². The van der Waals surface area contributed by atoms with E-state index < -0.39 is 0 Å². The summed E-state index contributed by atoms with van der Waals surface area (Å²) in [5.41, 5.74) is 2.40. The van der Waals surface area contributed by atoms with Crippen molar-refractivity contribution in [3.63, 3.8) is 0 Å². The lowest BCUT2D eigenvalue weighted by atomic mass is 10.2. The van der Waals surface area contributed by atoms with Crippen LogP contribution in [0.25, 0.3) is 11.0 Å². The molecule has 31 heavy (non-hydrogen) atoms. The van der Waals surface area contributed by atoms with Gasteiger partial charge in [0.1, 0.15) is 17.2 Å². The molecule has 0 saturated carbocycles. The van der Waals surface area contributed by atoms with Gasteiger partial charge in [-0.25, -0.2) is 4.98 Å². The number of methoxy groups -OCH3 is 1. The summed E-state index contributed by atoms with van der Waals surface area (Å²) in [6, 6.07) is 18.7. The average Bonchev–Trinajstić information content (AvgIpc) is 3.21. The Labute approximate surface area is 179 Å². The number of para-hydroxylation sites is 1. The first-order valence-electron chi connectivity index (χ1n) is 9.88. The van der Waals surface area contributed by atoms with Gasteiger partial charge in [0.05, 0.1) is 7.11 Å². The third kappa shape index (κ3) is 5.11. The van der Waals surface area contributed by atoms with E-state index in [0.717, 1.165) is 22.5 Å². The number of carbonyl (C=O) groups excluding carboxylic acids is 1. The van der Waals surface area contributed by atoms with Gasteiger partial charge in [-0.1, -0.05) is 18.2 Å². The zero-order valence-corrected chi connectivity index (χ0v) is 17.3. The van der Waals surface area contributed by atoms with E-state index in [0.29, 0.717) is 36.2 Å². The molecular weight excluding hydrogens is 394 g/mol. The van der Waals surface area contributed by atoms with Crippen LogP contribution >= 0.6 is 0 Å². The topological polar surface area (TPSA) is 101 Å². The van der Waals surface area contributed by atoms with Crippen molar-refractivity contribution < 1.29 is 13.9 Å². The van der Waals surface area contributed by atoms with E-state index in [1.54, 1.807) is 13.2 Å². The molecule has 0 atom stereocenters. The molecule has 2 aromatic carbocycles. The number of anilines is 3. The Kier molecular flexibility index (Phi) is 5.98. The van der Waals surface area contributed by atoms with Crippen molar-refractivity contribution in [3.8, 4) is 5.75 Å². The zero-order chi connectivity index (χ0) is 21.6. The normalized spacial score (nSPS) is 10.6. The van der Waals surface area contributed by atoms with Crippen molar-refractivity contribution in [2.45, 2.75) is 6.92 Å². The highest BCUT2D eigenvalue weighted by Crippen LogP contribution is 2.20. The summed E-state index contributed by atoms with van der Waals surface area (Å²) in [6.07, 6.45) is 0. The number of ether oxygens (including phenoxy) is 1. The number of rotatable bonds is 8. The van der Waals surface area contributed by atoms with Gasteiger partial charge in [0.2, 0.25) is 5.95 Å². The molecule has 3 N–H and O–H groups in total. The number of aromatic nitrogens is 2. The molecule has 2 heterocycles. The van der Waals surface area contributed by atoms with E-state index in [2.05, 4.69) is 25.9 Å². The van der Waals surface area contributed by atoms with E-state index in [1.165, 1.54) is 0 Å². The van der Waals surface area contributed by atoms with E-state index >= 15 is 0 Å².